The number of hydrogen-bond acceptors (Lipinski definition) is 4. The molecule has 0 fully saturated rings. The molecule has 26 heavy (non-hydrogen) atoms. The second kappa shape index (κ2) is 7.04. The van der Waals surface area contributed by atoms with Crippen molar-refractivity contribution in [3.05, 3.63) is 65.2 Å². The summed E-state index contributed by atoms with van der Waals surface area (Å²) >= 11 is 0. The zero-order chi connectivity index (χ0) is 17.9. The smallest absolute Gasteiger partial charge is 0.316 e. The molecule has 0 bridgehead atoms. The first-order chi connectivity index (χ1) is 12.8. The van der Waals surface area contributed by atoms with Gasteiger partial charge >= 0.3 is 6.01 Å². The largest absolute Gasteiger partial charge is 0.402 e. The van der Waals surface area contributed by atoms with Crippen molar-refractivity contribution in [1.29, 1.82) is 0 Å². The van der Waals surface area contributed by atoms with Crippen molar-refractivity contribution in [3.8, 4) is 11.6 Å². The van der Waals surface area contributed by atoms with E-state index in [9.17, 15) is 0 Å². The standard InChI is InChI=1S/C21H22N4O/c1-3-14-10-11-18-17(12-14)16(4-2)19(23-18)20-24-25-21(26-20)22-13-15-8-6-5-7-9-15/h5-12,23H,3-4,13H2,1-2H3,(H,22,25). The maximum absolute atomic E-state index is 5.86. The number of benzene rings is 2. The summed E-state index contributed by atoms with van der Waals surface area (Å²) in [5.41, 5.74) is 5.73. The summed E-state index contributed by atoms with van der Waals surface area (Å²) < 4.78 is 5.86. The first kappa shape index (κ1) is 16.4. The zero-order valence-corrected chi connectivity index (χ0v) is 15.0. The summed E-state index contributed by atoms with van der Waals surface area (Å²) in [5, 5.41) is 12.8. The second-order valence-electron chi connectivity index (χ2n) is 6.32. The highest BCUT2D eigenvalue weighted by Gasteiger charge is 2.17. The molecule has 5 heteroatoms. The number of nitrogens with zero attached hydrogens (tertiary/aromatic N) is 2. The molecule has 0 amide bonds. The van der Waals surface area contributed by atoms with E-state index >= 15 is 0 Å². The van der Waals surface area contributed by atoms with Gasteiger partial charge in [0.15, 0.2) is 0 Å². The summed E-state index contributed by atoms with van der Waals surface area (Å²) in [6.07, 6.45) is 1.92. The van der Waals surface area contributed by atoms with E-state index in [0.717, 1.165) is 24.1 Å². The van der Waals surface area contributed by atoms with Gasteiger partial charge in [-0.3, -0.25) is 0 Å². The molecule has 132 valence electrons. The Bertz CT molecular complexity index is 1020. The van der Waals surface area contributed by atoms with Crippen molar-refractivity contribution in [2.24, 2.45) is 0 Å². The van der Waals surface area contributed by atoms with Gasteiger partial charge in [-0.2, -0.15) is 0 Å². The second-order valence-corrected chi connectivity index (χ2v) is 6.32. The molecule has 0 aliphatic rings. The van der Waals surface area contributed by atoms with Crippen LogP contribution in [0.25, 0.3) is 22.5 Å². The van der Waals surface area contributed by atoms with Crippen molar-refractivity contribution in [1.82, 2.24) is 15.2 Å². The molecule has 5 nitrogen and oxygen atoms in total. The van der Waals surface area contributed by atoms with E-state index in [1.54, 1.807) is 0 Å². The van der Waals surface area contributed by atoms with E-state index in [4.69, 9.17) is 4.42 Å². The molecule has 0 saturated carbocycles. The van der Waals surface area contributed by atoms with Gasteiger partial charge in [-0.05, 0) is 41.7 Å². The van der Waals surface area contributed by atoms with Crippen LogP contribution in [0.3, 0.4) is 0 Å². The summed E-state index contributed by atoms with van der Waals surface area (Å²) in [4.78, 5) is 3.45. The lowest BCUT2D eigenvalue weighted by atomic mass is 10.0. The highest BCUT2D eigenvalue weighted by atomic mass is 16.4. The first-order valence-electron chi connectivity index (χ1n) is 9.03. The molecule has 0 aliphatic heterocycles. The third kappa shape index (κ3) is 3.08. The quantitative estimate of drug-likeness (QED) is 0.518. The van der Waals surface area contributed by atoms with Crippen LogP contribution in [-0.2, 0) is 19.4 Å². The SMILES string of the molecule is CCc1ccc2[nH]c(-c3nnc(NCc4ccccc4)o3)c(CC)c2c1. The highest BCUT2D eigenvalue weighted by Crippen LogP contribution is 2.31. The number of aryl methyl sites for hydroxylation is 2. The third-order valence-electron chi connectivity index (χ3n) is 4.66. The molecule has 2 aromatic carbocycles. The average Bonchev–Trinajstić information content (AvgIpc) is 3.30. The minimum atomic E-state index is 0.429. The Morgan fingerprint density at radius 2 is 1.81 bits per heavy atom. The maximum atomic E-state index is 5.86. The fourth-order valence-corrected chi connectivity index (χ4v) is 3.23. The molecule has 2 N–H and O–H groups in total. The number of nitrogens with one attached hydrogen (secondary N) is 2. The maximum Gasteiger partial charge on any atom is 0.316 e. The molecular weight excluding hydrogens is 324 g/mol. The molecule has 2 heterocycles. The predicted octanol–water partition coefficient (Wildman–Crippen LogP) is 4.95. The van der Waals surface area contributed by atoms with E-state index in [1.165, 1.54) is 22.1 Å². The van der Waals surface area contributed by atoms with Crippen molar-refractivity contribution in [2.75, 3.05) is 5.32 Å². The Labute approximate surface area is 152 Å². The van der Waals surface area contributed by atoms with Crippen LogP contribution in [0.1, 0.15) is 30.5 Å². The number of hydrogen-bond donors (Lipinski definition) is 2. The van der Waals surface area contributed by atoms with Gasteiger partial charge in [-0.1, -0.05) is 55.3 Å². The third-order valence-corrected chi connectivity index (χ3v) is 4.66. The topological polar surface area (TPSA) is 66.7 Å². The van der Waals surface area contributed by atoms with Crippen molar-refractivity contribution in [3.63, 3.8) is 0 Å². The van der Waals surface area contributed by atoms with Gasteiger partial charge in [-0.25, -0.2) is 0 Å². The fourth-order valence-electron chi connectivity index (χ4n) is 3.23. The van der Waals surface area contributed by atoms with E-state index in [0.29, 0.717) is 18.5 Å². The monoisotopic (exact) mass is 346 g/mol. The Hall–Kier alpha value is -3.08. The minimum Gasteiger partial charge on any atom is -0.402 e. The van der Waals surface area contributed by atoms with Gasteiger partial charge in [0.25, 0.3) is 5.89 Å². The van der Waals surface area contributed by atoms with Crippen LogP contribution in [-0.4, -0.2) is 15.2 Å². The number of rotatable bonds is 6. The first-order valence-corrected chi connectivity index (χ1v) is 9.03. The molecule has 0 radical (unpaired) electrons. The van der Waals surface area contributed by atoms with Gasteiger partial charge < -0.3 is 14.7 Å². The fraction of sp³-hybridized carbons (Fsp3) is 0.238. The molecule has 0 aliphatic carbocycles. The summed E-state index contributed by atoms with van der Waals surface area (Å²) in [6.45, 7) is 4.97. The number of aromatic nitrogens is 3. The van der Waals surface area contributed by atoms with Crippen LogP contribution in [0.4, 0.5) is 6.01 Å². The number of anilines is 1. The van der Waals surface area contributed by atoms with E-state index in [-0.39, 0.29) is 0 Å². The van der Waals surface area contributed by atoms with Crippen molar-refractivity contribution >= 4 is 16.9 Å². The zero-order valence-electron chi connectivity index (χ0n) is 15.0. The number of H-pyrrole nitrogens is 1. The molecule has 0 atom stereocenters. The van der Waals surface area contributed by atoms with Gasteiger partial charge in [0.05, 0.1) is 0 Å². The predicted molar refractivity (Wildman–Crippen MR) is 104 cm³/mol. The molecule has 0 spiro atoms. The normalized spacial score (nSPS) is 11.2. The lowest BCUT2D eigenvalue weighted by Crippen LogP contribution is -1.98. The Kier molecular flexibility index (Phi) is 4.44. The highest BCUT2D eigenvalue weighted by molar-refractivity contribution is 5.90. The van der Waals surface area contributed by atoms with Gasteiger partial charge in [0.2, 0.25) is 0 Å². The van der Waals surface area contributed by atoms with Crippen LogP contribution in [0.2, 0.25) is 0 Å². The van der Waals surface area contributed by atoms with Crippen molar-refractivity contribution in [2.45, 2.75) is 33.2 Å². The minimum absolute atomic E-state index is 0.429. The summed E-state index contributed by atoms with van der Waals surface area (Å²) in [7, 11) is 0. The lowest BCUT2D eigenvalue weighted by molar-refractivity contribution is 0.578. The van der Waals surface area contributed by atoms with Crippen LogP contribution >= 0.6 is 0 Å². The molecule has 4 rings (SSSR count). The number of fused-ring (bicyclic) bond motifs is 1. The van der Waals surface area contributed by atoms with Crippen LogP contribution < -0.4 is 5.32 Å². The van der Waals surface area contributed by atoms with E-state index < -0.39 is 0 Å². The molecule has 2 aromatic heterocycles. The molecular formula is C21H22N4O. The summed E-state index contributed by atoms with van der Waals surface area (Å²) in [5.74, 6) is 0.520. The van der Waals surface area contributed by atoms with Gasteiger partial charge in [-0.15, -0.1) is 5.10 Å². The van der Waals surface area contributed by atoms with Gasteiger partial charge in [0, 0.05) is 17.4 Å². The molecule has 4 aromatic rings. The van der Waals surface area contributed by atoms with Crippen molar-refractivity contribution < 1.29 is 4.42 Å². The van der Waals surface area contributed by atoms with Gasteiger partial charge in [0.1, 0.15) is 5.69 Å². The Morgan fingerprint density at radius 3 is 2.58 bits per heavy atom. The van der Waals surface area contributed by atoms with Crippen LogP contribution in [0.15, 0.2) is 52.9 Å². The average molecular weight is 346 g/mol. The van der Waals surface area contributed by atoms with Crippen LogP contribution in [0, 0.1) is 0 Å². The Balaban J connectivity index is 1.62. The number of aromatic amines is 1. The lowest BCUT2D eigenvalue weighted by Gasteiger charge is -2.01. The van der Waals surface area contributed by atoms with Crippen LogP contribution in [0.5, 0.6) is 0 Å². The van der Waals surface area contributed by atoms with E-state index in [1.807, 2.05) is 18.2 Å². The molecule has 0 unspecified atom stereocenters. The van der Waals surface area contributed by atoms with E-state index in [2.05, 4.69) is 64.7 Å². The summed E-state index contributed by atoms with van der Waals surface area (Å²) in [6, 6.07) is 17.1. The molecule has 0 saturated heterocycles. The Morgan fingerprint density at radius 1 is 0.962 bits per heavy atom.